The van der Waals surface area contributed by atoms with Crippen molar-refractivity contribution >= 4 is 5.91 Å². The largest absolute Gasteiger partial charge is 0.493 e. The number of benzene rings is 2. The van der Waals surface area contributed by atoms with E-state index in [-0.39, 0.29) is 5.91 Å². The lowest BCUT2D eigenvalue weighted by atomic mass is 10.0. The summed E-state index contributed by atoms with van der Waals surface area (Å²) in [5.74, 6) is 1.51. The number of fused-ring (bicyclic) bond motifs is 2. The van der Waals surface area contributed by atoms with E-state index >= 15 is 0 Å². The summed E-state index contributed by atoms with van der Waals surface area (Å²) >= 11 is 0. The minimum atomic E-state index is 0.0753. The average Bonchev–Trinajstić information content (AvgIpc) is 2.99. The van der Waals surface area contributed by atoms with Gasteiger partial charge in [-0.25, -0.2) is 0 Å². The van der Waals surface area contributed by atoms with Gasteiger partial charge in [0.2, 0.25) is 0 Å². The molecule has 4 rings (SSSR count). The maximum atomic E-state index is 13.4. The number of rotatable bonds is 7. The van der Waals surface area contributed by atoms with Crippen molar-refractivity contribution in [2.75, 3.05) is 27.8 Å². The van der Waals surface area contributed by atoms with Crippen LogP contribution in [-0.4, -0.2) is 55.6 Å². The molecular formula is C25H30N2O3. The van der Waals surface area contributed by atoms with Crippen LogP contribution in [0.2, 0.25) is 0 Å². The molecular weight excluding hydrogens is 376 g/mol. The van der Waals surface area contributed by atoms with Crippen LogP contribution in [0.25, 0.3) is 0 Å². The van der Waals surface area contributed by atoms with Crippen LogP contribution in [0.1, 0.15) is 35.2 Å². The molecule has 5 heteroatoms. The maximum Gasteiger partial charge on any atom is 0.258 e. The summed E-state index contributed by atoms with van der Waals surface area (Å²) in [5, 5.41) is 0. The smallest absolute Gasteiger partial charge is 0.258 e. The number of hydrogen-bond acceptors (Lipinski definition) is 4. The van der Waals surface area contributed by atoms with Crippen LogP contribution < -0.4 is 9.47 Å². The molecule has 0 radical (unpaired) electrons. The zero-order valence-corrected chi connectivity index (χ0v) is 18.0. The lowest BCUT2D eigenvalue weighted by Crippen LogP contribution is -2.41. The lowest BCUT2D eigenvalue weighted by molar-refractivity contribution is 0.0787. The summed E-state index contributed by atoms with van der Waals surface area (Å²) in [6.45, 7) is 0.637. The Hall–Kier alpha value is -2.79. The SMILES string of the molecule is COc1ccc(CCN(C(=O)c2ccccc2)C2=C[C@@H]3CC[C@H](C2)N3C)cc1OC. The van der Waals surface area contributed by atoms with Gasteiger partial charge < -0.3 is 14.4 Å². The lowest BCUT2D eigenvalue weighted by Gasteiger charge is -2.35. The van der Waals surface area contributed by atoms with Gasteiger partial charge in [-0.15, -0.1) is 0 Å². The Morgan fingerprint density at radius 2 is 1.83 bits per heavy atom. The van der Waals surface area contributed by atoms with Crippen molar-refractivity contribution in [1.29, 1.82) is 0 Å². The molecule has 1 saturated heterocycles. The number of carbonyl (C=O) groups is 1. The number of amides is 1. The Labute approximate surface area is 178 Å². The Kier molecular flexibility index (Phi) is 6.09. The predicted molar refractivity (Wildman–Crippen MR) is 118 cm³/mol. The third-order valence-corrected chi connectivity index (χ3v) is 6.41. The fourth-order valence-corrected chi connectivity index (χ4v) is 4.61. The van der Waals surface area contributed by atoms with E-state index in [1.807, 2.05) is 53.4 Å². The average molecular weight is 407 g/mol. The summed E-state index contributed by atoms with van der Waals surface area (Å²) in [7, 11) is 5.48. The molecule has 0 aliphatic carbocycles. The van der Waals surface area contributed by atoms with E-state index in [1.54, 1.807) is 14.2 Å². The van der Waals surface area contributed by atoms with E-state index in [2.05, 4.69) is 18.0 Å². The molecule has 2 aromatic rings. The molecule has 2 bridgehead atoms. The number of likely N-dealkylation sites (N-methyl/N-ethyl adjacent to an activating group) is 1. The maximum absolute atomic E-state index is 13.4. The number of carbonyl (C=O) groups excluding carboxylic acids is 1. The van der Waals surface area contributed by atoms with Crippen LogP contribution in [0.15, 0.2) is 60.3 Å². The summed E-state index contributed by atoms with van der Waals surface area (Å²) < 4.78 is 10.8. The second-order valence-electron chi connectivity index (χ2n) is 8.09. The van der Waals surface area contributed by atoms with Crippen molar-refractivity contribution < 1.29 is 14.3 Å². The molecule has 2 aliphatic heterocycles. The molecule has 30 heavy (non-hydrogen) atoms. The van der Waals surface area contributed by atoms with Crippen molar-refractivity contribution in [1.82, 2.24) is 9.80 Å². The molecule has 2 aromatic carbocycles. The van der Waals surface area contributed by atoms with Gasteiger partial charge >= 0.3 is 0 Å². The van der Waals surface area contributed by atoms with E-state index in [4.69, 9.17) is 9.47 Å². The van der Waals surface area contributed by atoms with Gasteiger partial charge in [0.25, 0.3) is 5.91 Å². The van der Waals surface area contributed by atoms with Crippen molar-refractivity contribution in [2.24, 2.45) is 0 Å². The van der Waals surface area contributed by atoms with Gasteiger partial charge in [-0.1, -0.05) is 24.3 Å². The van der Waals surface area contributed by atoms with E-state index in [0.29, 0.717) is 30.1 Å². The van der Waals surface area contributed by atoms with Crippen molar-refractivity contribution in [2.45, 2.75) is 37.8 Å². The molecule has 1 fully saturated rings. The fraction of sp³-hybridized carbons (Fsp3) is 0.400. The Morgan fingerprint density at radius 3 is 2.53 bits per heavy atom. The molecule has 0 unspecified atom stereocenters. The van der Waals surface area contributed by atoms with Gasteiger partial charge in [0.1, 0.15) is 0 Å². The Morgan fingerprint density at radius 1 is 1.07 bits per heavy atom. The van der Waals surface area contributed by atoms with Crippen LogP contribution in [0.4, 0.5) is 0 Å². The molecule has 158 valence electrons. The van der Waals surface area contributed by atoms with E-state index in [0.717, 1.165) is 29.7 Å². The van der Waals surface area contributed by atoms with Crippen molar-refractivity contribution in [3.63, 3.8) is 0 Å². The van der Waals surface area contributed by atoms with E-state index in [1.165, 1.54) is 12.8 Å². The van der Waals surface area contributed by atoms with Crippen molar-refractivity contribution in [3.05, 3.63) is 71.4 Å². The van der Waals surface area contributed by atoms with E-state index in [9.17, 15) is 4.79 Å². The van der Waals surface area contributed by atoms with Gasteiger partial charge in [-0.05, 0) is 62.2 Å². The number of hydrogen-bond donors (Lipinski definition) is 0. The Balaban J connectivity index is 1.58. The number of methoxy groups -OCH3 is 2. The molecule has 2 atom stereocenters. The standard InChI is InChI=1S/C25H30N2O3/c1-26-20-10-11-21(26)17-22(16-20)27(25(28)19-7-5-4-6-8-19)14-13-18-9-12-23(29-2)24(15-18)30-3/h4-9,12,15-16,20-21H,10-11,13-14,17H2,1-3H3/t20-,21+/m0/s1. The van der Waals surface area contributed by atoms with Crippen LogP contribution in [-0.2, 0) is 6.42 Å². The first-order chi connectivity index (χ1) is 14.6. The van der Waals surface area contributed by atoms with Crippen LogP contribution in [0, 0.1) is 0 Å². The molecule has 0 saturated carbocycles. The summed E-state index contributed by atoms with van der Waals surface area (Å²) in [4.78, 5) is 17.9. The van der Waals surface area contributed by atoms with Gasteiger partial charge in [-0.2, -0.15) is 0 Å². The minimum absolute atomic E-state index is 0.0753. The minimum Gasteiger partial charge on any atom is -0.493 e. The molecule has 2 aliphatic rings. The van der Waals surface area contributed by atoms with Gasteiger partial charge in [0.15, 0.2) is 11.5 Å². The fourth-order valence-electron chi connectivity index (χ4n) is 4.61. The van der Waals surface area contributed by atoms with Crippen LogP contribution >= 0.6 is 0 Å². The van der Waals surface area contributed by atoms with Crippen molar-refractivity contribution in [3.8, 4) is 11.5 Å². The van der Waals surface area contributed by atoms with Gasteiger partial charge in [0, 0.05) is 36.3 Å². The van der Waals surface area contributed by atoms with Gasteiger partial charge in [-0.3, -0.25) is 9.69 Å². The molecule has 1 amide bonds. The number of ether oxygens (including phenoxy) is 2. The van der Waals surface area contributed by atoms with E-state index < -0.39 is 0 Å². The third-order valence-electron chi connectivity index (χ3n) is 6.41. The monoisotopic (exact) mass is 406 g/mol. The first-order valence-electron chi connectivity index (χ1n) is 10.6. The first kappa shape index (κ1) is 20.5. The summed E-state index contributed by atoms with van der Waals surface area (Å²) in [6.07, 6.45) is 6.36. The highest BCUT2D eigenvalue weighted by Gasteiger charge is 2.36. The topological polar surface area (TPSA) is 42.0 Å². The number of nitrogens with zero attached hydrogens (tertiary/aromatic N) is 2. The molecule has 5 nitrogen and oxygen atoms in total. The second kappa shape index (κ2) is 8.92. The summed E-state index contributed by atoms with van der Waals surface area (Å²) in [5.41, 5.74) is 3.02. The predicted octanol–water partition coefficient (Wildman–Crippen LogP) is 4.14. The molecule has 2 heterocycles. The highest BCUT2D eigenvalue weighted by molar-refractivity contribution is 5.95. The Bertz CT molecular complexity index is 925. The highest BCUT2D eigenvalue weighted by atomic mass is 16.5. The molecule has 0 spiro atoms. The zero-order chi connectivity index (χ0) is 21.1. The molecule has 0 aromatic heterocycles. The van der Waals surface area contributed by atoms with Crippen LogP contribution in [0.3, 0.4) is 0 Å². The highest BCUT2D eigenvalue weighted by Crippen LogP contribution is 2.35. The van der Waals surface area contributed by atoms with Gasteiger partial charge in [0.05, 0.1) is 14.2 Å². The van der Waals surface area contributed by atoms with Crippen LogP contribution in [0.5, 0.6) is 11.5 Å². The first-order valence-corrected chi connectivity index (χ1v) is 10.6. The summed E-state index contributed by atoms with van der Waals surface area (Å²) in [6, 6.07) is 16.5. The zero-order valence-electron chi connectivity index (χ0n) is 18.0. The second-order valence-corrected chi connectivity index (χ2v) is 8.09. The molecule has 0 N–H and O–H groups in total. The third kappa shape index (κ3) is 4.08. The quantitative estimate of drug-likeness (QED) is 0.693. The normalized spacial score (nSPS) is 20.6.